The Kier molecular flexibility index (Phi) is 6.33. The molecule has 4 rings (SSSR count). The van der Waals surface area contributed by atoms with E-state index in [0.29, 0.717) is 17.0 Å². The van der Waals surface area contributed by atoms with Crippen molar-refractivity contribution in [2.75, 3.05) is 20.2 Å². The first-order valence-electron chi connectivity index (χ1n) is 11.1. The zero-order chi connectivity index (χ0) is 23.9. The third-order valence-corrected chi connectivity index (χ3v) is 8.27. The summed E-state index contributed by atoms with van der Waals surface area (Å²) in [7, 11) is -2.93. The minimum Gasteiger partial charge on any atom is -0.464 e. The molecule has 6 nitrogen and oxygen atoms in total. The van der Waals surface area contributed by atoms with Crippen molar-refractivity contribution in [3.63, 3.8) is 0 Å². The molecule has 1 aliphatic heterocycles. The van der Waals surface area contributed by atoms with E-state index in [4.69, 9.17) is 4.74 Å². The molecule has 0 bridgehead atoms. The highest BCUT2D eigenvalue weighted by atomic mass is 32.2. The summed E-state index contributed by atoms with van der Waals surface area (Å²) in [5, 5.41) is 0.340. The predicted molar refractivity (Wildman–Crippen MR) is 126 cm³/mol. The molecule has 2 aromatic carbocycles. The van der Waals surface area contributed by atoms with Crippen molar-refractivity contribution in [1.82, 2.24) is 8.87 Å². The summed E-state index contributed by atoms with van der Waals surface area (Å²) in [4.78, 5) is 14.9. The van der Waals surface area contributed by atoms with Crippen LogP contribution in [0.15, 0.2) is 47.4 Å². The molecule has 2 heterocycles. The van der Waals surface area contributed by atoms with Crippen molar-refractivity contribution in [2.45, 2.75) is 50.5 Å². The number of piperidine rings is 1. The molecule has 1 fully saturated rings. The lowest BCUT2D eigenvalue weighted by molar-refractivity contribution is 0.0593. The van der Waals surface area contributed by atoms with Gasteiger partial charge in [0.25, 0.3) is 10.0 Å². The van der Waals surface area contributed by atoms with Gasteiger partial charge in [-0.05, 0) is 88.5 Å². The lowest BCUT2D eigenvalue weighted by atomic mass is 9.88. The molecule has 0 spiro atoms. The average molecular weight is 473 g/mol. The summed E-state index contributed by atoms with van der Waals surface area (Å²) >= 11 is 0. The Balaban J connectivity index is 1.87. The van der Waals surface area contributed by atoms with Crippen LogP contribution in [0.1, 0.15) is 54.2 Å². The Morgan fingerprint density at radius 1 is 1.09 bits per heavy atom. The highest BCUT2D eigenvalue weighted by molar-refractivity contribution is 7.90. The standard InChI is InChI=1S/C25H29FN2O4S/c1-16(2)27-11-9-18(10-12-27)21-15-23-19(13-22(21)26)14-24(25(29)32-4)28(23)33(30,31)20-7-5-17(3)6-8-20/h5-8,13-16,18H,9-12H2,1-4H3. The maximum atomic E-state index is 15.2. The van der Waals surface area contributed by atoms with Gasteiger partial charge in [0.05, 0.1) is 17.5 Å². The van der Waals surface area contributed by atoms with Gasteiger partial charge in [-0.3, -0.25) is 0 Å². The van der Waals surface area contributed by atoms with Gasteiger partial charge >= 0.3 is 5.97 Å². The minimum absolute atomic E-state index is 0.0172. The third kappa shape index (κ3) is 4.29. The fourth-order valence-electron chi connectivity index (χ4n) is 4.58. The van der Waals surface area contributed by atoms with Gasteiger partial charge in [-0.2, -0.15) is 0 Å². The molecule has 0 amide bonds. The third-order valence-electron chi connectivity index (χ3n) is 6.53. The van der Waals surface area contributed by atoms with Crippen LogP contribution in [0.2, 0.25) is 0 Å². The lowest BCUT2D eigenvalue weighted by Gasteiger charge is -2.34. The van der Waals surface area contributed by atoms with E-state index >= 15 is 4.39 Å². The van der Waals surface area contributed by atoms with E-state index in [2.05, 4.69) is 18.7 Å². The first-order chi connectivity index (χ1) is 15.6. The molecule has 3 aromatic rings. The van der Waals surface area contributed by atoms with E-state index in [1.54, 1.807) is 18.2 Å². The Morgan fingerprint density at radius 3 is 2.30 bits per heavy atom. The van der Waals surface area contributed by atoms with Gasteiger partial charge in [0.1, 0.15) is 11.5 Å². The monoisotopic (exact) mass is 472 g/mol. The van der Waals surface area contributed by atoms with Crippen LogP contribution in [-0.2, 0) is 14.8 Å². The summed E-state index contributed by atoms with van der Waals surface area (Å²) in [6.07, 6.45) is 1.58. The molecule has 8 heteroatoms. The van der Waals surface area contributed by atoms with Crippen LogP contribution in [0.25, 0.3) is 10.9 Å². The fourth-order valence-corrected chi connectivity index (χ4v) is 6.08. The number of methoxy groups -OCH3 is 1. The molecule has 1 aliphatic rings. The Morgan fingerprint density at radius 2 is 1.73 bits per heavy atom. The largest absolute Gasteiger partial charge is 0.464 e. The van der Waals surface area contributed by atoms with Crippen LogP contribution in [-0.4, -0.2) is 49.5 Å². The topological polar surface area (TPSA) is 68.6 Å². The number of carbonyl (C=O) groups is 1. The molecule has 1 aromatic heterocycles. The van der Waals surface area contributed by atoms with Gasteiger partial charge in [0.15, 0.2) is 0 Å². The van der Waals surface area contributed by atoms with E-state index in [1.807, 2.05) is 6.92 Å². The van der Waals surface area contributed by atoms with Crippen LogP contribution in [0.5, 0.6) is 0 Å². The summed E-state index contributed by atoms with van der Waals surface area (Å²) < 4.78 is 48.2. The lowest BCUT2D eigenvalue weighted by Crippen LogP contribution is -2.38. The number of halogens is 1. The fraction of sp³-hybridized carbons (Fsp3) is 0.400. The molecule has 1 saturated heterocycles. The highest BCUT2D eigenvalue weighted by Gasteiger charge is 2.30. The molecule has 0 saturated carbocycles. The quantitative estimate of drug-likeness (QED) is 0.504. The number of likely N-dealkylation sites (tertiary alicyclic amines) is 1. The number of hydrogen-bond donors (Lipinski definition) is 0. The van der Waals surface area contributed by atoms with Crippen LogP contribution in [0, 0.1) is 12.7 Å². The number of fused-ring (bicyclic) bond motifs is 1. The number of aromatic nitrogens is 1. The number of ether oxygens (including phenoxy) is 1. The second-order valence-electron chi connectivity index (χ2n) is 8.94. The van der Waals surface area contributed by atoms with Gasteiger partial charge < -0.3 is 9.64 Å². The van der Waals surface area contributed by atoms with Crippen LogP contribution < -0.4 is 0 Å². The number of esters is 1. The molecule has 0 atom stereocenters. The zero-order valence-corrected chi connectivity index (χ0v) is 20.2. The summed E-state index contributed by atoms with van der Waals surface area (Å²) in [5.41, 5.74) is 1.52. The van der Waals surface area contributed by atoms with Crippen LogP contribution in [0.3, 0.4) is 0 Å². The average Bonchev–Trinajstić information content (AvgIpc) is 3.17. The molecule has 0 N–H and O–H groups in total. The van der Waals surface area contributed by atoms with Gasteiger partial charge in [-0.25, -0.2) is 21.6 Å². The number of rotatable bonds is 5. The second-order valence-corrected chi connectivity index (χ2v) is 10.7. The van der Waals surface area contributed by atoms with Gasteiger partial charge in [0, 0.05) is 11.4 Å². The minimum atomic E-state index is -4.12. The van der Waals surface area contributed by atoms with Crippen molar-refractivity contribution < 1.29 is 22.3 Å². The maximum absolute atomic E-state index is 15.2. The normalized spacial score (nSPS) is 15.9. The summed E-state index contributed by atoms with van der Waals surface area (Å²) in [6, 6.07) is 11.1. The van der Waals surface area contributed by atoms with Crippen molar-refractivity contribution >= 4 is 26.9 Å². The maximum Gasteiger partial charge on any atom is 0.355 e. The molecule has 176 valence electrons. The number of hydrogen-bond acceptors (Lipinski definition) is 5. The molecule has 0 aliphatic carbocycles. The van der Waals surface area contributed by atoms with E-state index in [9.17, 15) is 13.2 Å². The van der Waals surface area contributed by atoms with E-state index in [0.717, 1.165) is 35.5 Å². The summed E-state index contributed by atoms with van der Waals surface area (Å²) in [6.45, 7) is 7.86. The number of benzene rings is 2. The van der Waals surface area contributed by atoms with Crippen molar-refractivity contribution in [2.24, 2.45) is 0 Å². The number of aryl methyl sites for hydroxylation is 1. The Hall–Kier alpha value is -2.71. The second kappa shape index (κ2) is 8.91. The van der Waals surface area contributed by atoms with Crippen LogP contribution in [0.4, 0.5) is 4.39 Å². The first-order valence-corrected chi connectivity index (χ1v) is 12.6. The summed E-state index contributed by atoms with van der Waals surface area (Å²) in [5.74, 6) is -1.20. The zero-order valence-electron chi connectivity index (χ0n) is 19.3. The van der Waals surface area contributed by atoms with Crippen molar-refractivity contribution in [3.05, 3.63) is 65.1 Å². The molecule has 33 heavy (non-hydrogen) atoms. The highest BCUT2D eigenvalue weighted by Crippen LogP contribution is 2.35. The van der Waals surface area contributed by atoms with Crippen molar-refractivity contribution in [3.8, 4) is 0 Å². The van der Waals surface area contributed by atoms with Gasteiger partial charge in [-0.1, -0.05) is 17.7 Å². The Labute approximate surface area is 194 Å². The van der Waals surface area contributed by atoms with E-state index < -0.39 is 16.0 Å². The SMILES string of the molecule is COC(=O)c1cc2cc(F)c(C3CCN(C(C)C)CC3)cc2n1S(=O)(=O)c1ccc(C)cc1. The molecular formula is C25H29FN2O4S. The Bertz CT molecular complexity index is 1290. The molecule has 0 radical (unpaired) electrons. The first kappa shape index (κ1) is 23.4. The van der Waals surface area contributed by atoms with E-state index in [-0.39, 0.29) is 27.8 Å². The predicted octanol–water partition coefficient (Wildman–Crippen LogP) is 4.70. The van der Waals surface area contributed by atoms with Crippen LogP contribution >= 0.6 is 0 Å². The molecule has 0 unspecified atom stereocenters. The van der Waals surface area contributed by atoms with Crippen molar-refractivity contribution in [1.29, 1.82) is 0 Å². The van der Waals surface area contributed by atoms with Gasteiger partial charge in [0.2, 0.25) is 0 Å². The van der Waals surface area contributed by atoms with E-state index in [1.165, 1.54) is 31.4 Å². The number of carbonyl (C=O) groups excluding carboxylic acids is 1. The van der Waals surface area contributed by atoms with Gasteiger partial charge in [-0.15, -0.1) is 0 Å². The molecular weight excluding hydrogens is 443 g/mol. The number of nitrogens with zero attached hydrogens (tertiary/aromatic N) is 2. The smallest absolute Gasteiger partial charge is 0.355 e.